The van der Waals surface area contributed by atoms with Crippen molar-refractivity contribution >= 4 is 0 Å². The van der Waals surface area contributed by atoms with Crippen LogP contribution >= 0.6 is 0 Å². The molecule has 0 N–H and O–H groups in total. The van der Waals surface area contributed by atoms with E-state index >= 15 is 0 Å². The Hall–Kier alpha value is -0.0800. The number of rotatable bonds is 10. The van der Waals surface area contributed by atoms with Crippen LogP contribution in [-0.2, 0) is 9.47 Å². The topological polar surface area (TPSA) is 18.5 Å². The molecule has 18 heavy (non-hydrogen) atoms. The molecule has 1 saturated heterocycles. The summed E-state index contributed by atoms with van der Waals surface area (Å²) in [7, 11) is 0. The summed E-state index contributed by atoms with van der Waals surface area (Å²) < 4.78 is 11.3. The van der Waals surface area contributed by atoms with Gasteiger partial charge in [0.1, 0.15) is 0 Å². The Labute approximate surface area is 113 Å². The molecular weight excluding hydrogens is 224 g/mol. The molecule has 2 heteroatoms. The summed E-state index contributed by atoms with van der Waals surface area (Å²) in [5.74, 6) is 0. The van der Waals surface area contributed by atoms with E-state index in [1.54, 1.807) is 0 Å². The van der Waals surface area contributed by atoms with Gasteiger partial charge in [0.05, 0.1) is 12.7 Å². The van der Waals surface area contributed by atoms with Crippen LogP contribution in [-0.4, -0.2) is 19.0 Å². The van der Waals surface area contributed by atoms with Gasteiger partial charge in [0.15, 0.2) is 6.29 Å². The van der Waals surface area contributed by atoms with Crippen molar-refractivity contribution in [3.63, 3.8) is 0 Å². The summed E-state index contributed by atoms with van der Waals surface area (Å²) in [6.07, 6.45) is 15.0. The average molecular weight is 256 g/mol. The van der Waals surface area contributed by atoms with E-state index in [0.717, 1.165) is 19.4 Å². The van der Waals surface area contributed by atoms with Gasteiger partial charge in [-0.15, -0.1) is 0 Å². The molecule has 1 heterocycles. The highest BCUT2D eigenvalue weighted by atomic mass is 16.7. The van der Waals surface area contributed by atoms with Crippen molar-refractivity contribution in [3.8, 4) is 0 Å². The maximum atomic E-state index is 5.74. The van der Waals surface area contributed by atoms with E-state index in [0.29, 0.717) is 6.10 Å². The monoisotopic (exact) mass is 256 g/mol. The highest BCUT2D eigenvalue weighted by Gasteiger charge is 2.18. The molecule has 0 amide bonds. The molecule has 0 bridgehead atoms. The lowest BCUT2D eigenvalue weighted by Crippen LogP contribution is -2.30. The maximum absolute atomic E-state index is 5.74. The number of unbranched alkanes of at least 4 members (excludes halogenated alkanes) is 8. The Bertz CT molecular complexity index is 182. The molecule has 0 spiro atoms. The van der Waals surface area contributed by atoms with Gasteiger partial charge in [-0.3, -0.25) is 0 Å². The van der Waals surface area contributed by atoms with Crippen LogP contribution in [0.5, 0.6) is 0 Å². The minimum absolute atomic E-state index is 0.0818. The second-order valence-electron chi connectivity index (χ2n) is 5.65. The van der Waals surface area contributed by atoms with Crippen LogP contribution < -0.4 is 0 Å². The number of hydrogen-bond donors (Lipinski definition) is 0. The zero-order chi connectivity index (χ0) is 13.1. The zero-order valence-corrected chi connectivity index (χ0v) is 12.5. The second kappa shape index (κ2) is 10.8. The Morgan fingerprint density at radius 2 is 1.50 bits per heavy atom. The first-order chi connectivity index (χ1) is 8.83. The van der Waals surface area contributed by atoms with E-state index in [-0.39, 0.29) is 6.29 Å². The quantitative estimate of drug-likeness (QED) is 0.509. The van der Waals surface area contributed by atoms with Crippen molar-refractivity contribution in [2.45, 2.75) is 96.9 Å². The van der Waals surface area contributed by atoms with Crippen molar-refractivity contribution in [1.82, 2.24) is 0 Å². The predicted molar refractivity (Wildman–Crippen MR) is 76.7 cm³/mol. The van der Waals surface area contributed by atoms with E-state index in [2.05, 4.69) is 13.8 Å². The van der Waals surface area contributed by atoms with Gasteiger partial charge in [0.2, 0.25) is 0 Å². The Balaban J connectivity index is 1.80. The average Bonchev–Trinajstić information content (AvgIpc) is 2.37. The molecule has 1 rings (SSSR count). The zero-order valence-electron chi connectivity index (χ0n) is 12.5. The van der Waals surface area contributed by atoms with Gasteiger partial charge in [0, 0.05) is 0 Å². The van der Waals surface area contributed by atoms with Crippen LogP contribution in [0.4, 0.5) is 0 Å². The fourth-order valence-electron chi connectivity index (χ4n) is 2.50. The van der Waals surface area contributed by atoms with Gasteiger partial charge in [-0.2, -0.15) is 0 Å². The highest BCUT2D eigenvalue weighted by Crippen LogP contribution is 2.18. The fourth-order valence-corrected chi connectivity index (χ4v) is 2.50. The van der Waals surface area contributed by atoms with Crippen molar-refractivity contribution in [3.05, 3.63) is 0 Å². The maximum Gasteiger partial charge on any atom is 0.157 e. The minimum atomic E-state index is 0.0818. The molecule has 0 aromatic carbocycles. The molecule has 0 radical (unpaired) electrons. The summed E-state index contributed by atoms with van der Waals surface area (Å²) in [4.78, 5) is 0. The first kappa shape index (κ1) is 16.0. The number of ether oxygens (including phenoxy) is 2. The van der Waals surface area contributed by atoms with E-state index in [9.17, 15) is 0 Å². The summed E-state index contributed by atoms with van der Waals surface area (Å²) in [6.45, 7) is 5.30. The van der Waals surface area contributed by atoms with Gasteiger partial charge >= 0.3 is 0 Å². The SMILES string of the molecule is CCCCCCCCCCC[C@@H]1OCC[C@@H](C)O1. The Morgan fingerprint density at radius 3 is 2.11 bits per heavy atom. The molecule has 1 aliphatic rings. The molecule has 0 aliphatic carbocycles. The fraction of sp³-hybridized carbons (Fsp3) is 1.00. The van der Waals surface area contributed by atoms with Crippen LogP contribution in [0.25, 0.3) is 0 Å². The molecule has 1 fully saturated rings. The van der Waals surface area contributed by atoms with Gasteiger partial charge in [-0.25, -0.2) is 0 Å². The van der Waals surface area contributed by atoms with Crippen LogP contribution in [0.3, 0.4) is 0 Å². The van der Waals surface area contributed by atoms with Crippen molar-refractivity contribution < 1.29 is 9.47 Å². The van der Waals surface area contributed by atoms with Crippen molar-refractivity contribution in [2.24, 2.45) is 0 Å². The van der Waals surface area contributed by atoms with E-state index in [1.807, 2.05) is 0 Å². The lowest BCUT2D eigenvalue weighted by Gasteiger charge is -2.28. The predicted octanol–water partition coefficient (Wildman–Crippen LogP) is 5.06. The molecule has 0 unspecified atom stereocenters. The third-order valence-corrected chi connectivity index (χ3v) is 3.76. The Kier molecular flexibility index (Phi) is 9.59. The van der Waals surface area contributed by atoms with Crippen LogP contribution in [0.15, 0.2) is 0 Å². The summed E-state index contributed by atoms with van der Waals surface area (Å²) in [5.41, 5.74) is 0. The molecule has 1 aliphatic heterocycles. The van der Waals surface area contributed by atoms with Gasteiger partial charge < -0.3 is 9.47 Å². The lowest BCUT2D eigenvalue weighted by molar-refractivity contribution is -0.210. The van der Waals surface area contributed by atoms with E-state index in [4.69, 9.17) is 9.47 Å². The molecule has 0 saturated carbocycles. The molecular formula is C16H32O2. The summed E-state index contributed by atoms with van der Waals surface area (Å²) in [6, 6.07) is 0. The third-order valence-electron chi connectivity index (χ3n) is 3.76. The molecule has 2 atom stereocenters. The normalized spacial score (nSPS) is 24.3. The van der Waals surface area contributed by atoms with Crippen LogP contribution in [0.1, 0.15) is 84.5 Å². The minimum Gasteiger partial charge on any atom is -0.353 e. The summed E-state index contributed by atoms with van der Waals surface area (Å²) >= 11 is 0. The van der Waals surface area contributed by atoms with Gasteiger partial charge in [-0.05, 0) is 26.2 Å². The Morgan fingerprint density at radius 1 is 0.889 bits per heavy atom. The molecule has 0 aromatic rings. The van der Waals surface area contributed by atoms with E-state index < -0.39 is 0 Å². The first-order valence-corrected chi connectivity index (χ1v) is 8.10. The van der Waals surface area contributed by atoms with Crippen LogP contribution in [0, 0.1) is 0 Å². The molecule has 108 valence electrons. The number of hydrogen-bond acceptors (Lipinski definition) is 2. The van der Waals surface area contributed by atoms with Crippen molar-refractivity contribution in [2.75, 3.05) is 6.61 Å². The standard InChI is InChI=1S/C16H32O2/c1-3-4-5-6-7-8-9-10-11-12-16-17-14-13-15(2)18-16/h15-16H,3-14H2,1-2H3/t15-,16-/m1/s1. The smallest absolute Gasteiger partial charge is 0.157 e. The first-order valence-electron chi connectivity index (χ1n) is 8.10. The van der Waals surface area contributed by atoms with Crippen molar-refractivity contribution in [1.29, 1.82) is 0 Å². The molecule has 2 nitrogen and oxygen atoms in total. The lowest BCUT2D eigenvalue weighted by atomic mass is 10.1. The van der Waals surface area contributed by atoms with Gasteiger partial charge in [0.25, 0.3) is 0 Å². The van der Waals surface area contributed by atoms with Gasteiger partial charge in [-0.1, -0.05) is 58.3 Å². The van der Waals surface area contributed by atoms with Crippen LogP contribution in [0.2, 0.25) is 0 Å². The second-order valence-corrected chi connectivity index (χ2v) is 5.65. The third kappa shape index (κ3) is 8.10. The summed E-state index contributed by atoms with van der Waals surface area (Å²) in [5, 5.41) is 0. The largest absolute Gasteiger partial charge is 0.353 e. The highest BCUT2D eigenvalue weighted by molar-refractivity contribution is 4.59. The molecule has 0 aromatic heterocycles. The van der Waals surface area contributed by atoms with E-state index in [1.165, 1.54) is 57.8 Å².